The zero-order valence-electron chi connectivity index (χ0n) is 20.2. The van der Waals surface area contributed by atoms with E-state index >= 15 is 0 Å². The van der Waals surface area contributed by atoms with Crippen LogP contribution in [0.15, 0.2) is 10.7 Å². The van der Waals surface area contributed by atoms with Gasteiger partial charge in [0, 0.05) is 24.8 Å². The van der Waals surface area contributed by atoms with Crippen molar-refractivity contribution in [1.82, 2.24) is 20.4 Å². The number of hydrogen-bond donors (Lipinski definition) is 1. The first-order valence-corrected chi connectivity index (χ1v) is 11.6. The Labute approximate surface area is 190 Å². The predicted octanol–water partition coefficient (Wildman–Crippen LogP) is 3.95. The lowest BCUT2D eigenvalue weighted by molar-refractivity contribution is -0.00575. The summed E-state index contributed by atoms with van der Waals surface area (Å²) in [5, 5.41) is 7.33. The lowest BCUT2D eigenvalue weighted by Crippen LogP contribution is -2.46. The summed E-state index contributed by atoms with van der Waals surface area (Å²) < 4.78 is 11.2. The van der Waals surface area contributed by atoms with Crippen LogP contribution in [0, 0.1) is 12.3 Å². The molecule has 0 bridgehead atoms. The molecule has 1 saturated heterocycles. The van der Waals surface area contributed by atoms with Crippen molar-refractivity contribution in [3.63, 3.8) is 0 Å². The number of rotatable bonds is 4. The van der Waals surface area contributed by atoms with Crippen LogP contribution in [0.25, 0.3) is 0 Å². The van der Waals surface area contributed by atoms with E-state index in [0.29, 0.717) is 17.0 Å². The highest BCUT2D eigenvalue weighted by atomic mass is 16.5. The van der Waals surface area contributed by atoms with Crippen molar-refractivity contribution in [2.75, 3.05) is 18.0 Å². The molecule has 2 aliphatic rings. The van der Waals surface area contributed by atoms with E-state index in [9.17, 15) is 4.79 Å². The van der Waals surface area contributed by atoms with Crippen LogP contribution >= 0.6 is 0 Å². The molecule has 3 atom stereocenters. The number of fused-ring (bicyclic) bond motifs is 1. The molecule has 8 heteroatoms. The molecule has 1 amide bonds. The quantitative estimate of drug-likeness (QED) is 0.768. The molecule has 4 rings (SSSR count). The number of amides is 1. The molecule has 1 aliphatic heterocycles. The second kappa shape index (κ2) is 8.46. The van der Waals surface area contributed by atoms with Gasteiger partial charge in [0.15, 0.2) is 0 Å². The van der Waals surface area contributed by atoms with Gasteiger partial charge in [0.25, 0.3) is 5.91 Å². The molecule has 8 nitrogen and oxygen atoms in total. The number of anilines is 1. The second-order valence-corrected chi connectivity index (χ2v) is 10.5. The van der Waals surface area contributed by atoms with E-state index in [0.717, 1.165) is 43.1 Å². The molecular formula is C24H35N5O3. The van der Waals surface area contributed by atoms with Gasteiger partial charge in [0.1, 0.15) is 11.3 Å². The number of morpholine rings is 1. The summed E-state index contributed by atoms with van der Waals surface area (Å²) in [6.07, 6.45) is 3.85. The van der Waals surface area contributed by atoms with Crippen molar-refractivity contribution in [3.8, 4) is 0 Å². The standard InChI is InChI=1S/C24H35N5O3/c1-13(2)21-20(16(5)32-28-21)22(30)26-18-8-24(6,7)9-19-17(18)10-25-23(27-19)29-11-14(3)31-15(4)12-29/h10,13-15,18H,8-9,11-12H2,1-7H3,(H,26,30)/t14-,15-,18-/m1/s1. The van der Waals surface area contributed by atoms with Gasteiger partial charge in [0.2, 0.25) is 5.95 Å². The number of hydrogen-bond acceptors (Lipinski definition) is 7. The fourth-order valence-electron chi connectivity index (χ4n) is 4.95. The SMILES string of the molecule is Cc1onc(C(C)C)c1C(=O)N[C@@H]1CC(C)(C)Cc2nc(N3C[C@@H](C)O[C@H](C)C3)ncc21. The minimum absolute atomic E-state index is 0.00668. The maximum absolute atomic E-state index is 13.3. The van der Waals surface area contributed by atoms with E-state index in [1.54, 1.807) is 6.92 Å². The van der Waals surface area contributed by atoms with E-state index in [1.165, 1.54) is 0 Å². The summed E-state index contributed by atoms with van der Waals surface area (Å²) in [5.41, 5.74) is 3.24. The Hall–Kier alpha value is -2.48. The lowest BCUT2D eigenvalue weighted by Gasteiger charge is -2.38. The first-order chi connectivity index (χ1) is 15.0. The Balaban J connectivity index is 1.62. The Morgan fingerprint density at radius 2 is 1.94 bits per heavy atom. The predicted molar refractivity (Wildman–Crippen MR) is 122 cm³/mol. The Bertz CT molecular complexity index is 990. The average molecular weight is 442 g/mol. The number of aromatic nitrogens is 3. The van der Waals surface area contributed by atoms with E-state index < -0.39 is 0 Å². The molecule has 32 heavy (non-hydrogen) atoms. The minimum atomic E-state index is -0.160. The van der Waals surface area contributed by atoms with Gasteiger partial charge < -0.3 is 19.5 Å². The Morgan fingerprint density at radius 3 is 2.59 bits per heavy atom. The number of aryl methyl sites for hydroxylation is 1. The summed E-state index contributed by atoms with van der Waals surface area (Å²) in [4.78, 5) is 25.1. The maximum Gasteiger partial charge on any atom is 0.257 e. The Kier molecular flexibility index (Phi) is 6.00. The van der Waals surface area contributed by atoms with Crippen molar-refractivity contribution in [2.24, 2.45) is 5.41 Å². The van der Waals surface area contributed by atoms with Crippen LogP contribution in [-0.2, 0) is 11.2 Å². The highest BCUT2D eigenvalue weighted by Crippen LogP contribution is 2.40. The summed E-state index contributed by atoms with van der Waals surface area (Å²) in [6.45, 7) is 16.0. The third-order valence-electron chi connectivity index (χ3n) is 6.34. The molecule has 2 aromatic rings. The molecule has 0 unspecified atom stereocenters. The van der Waals surface area contributed by atoms with Crippen molar-refractivity contribution >= 4 is 11.9 Å². The summed E-state index contributed by atoms with van der Waals surface area (Å²) in [5.74, 6) is 1.24. The lowest BCUT2D eigenvalue weighted by atomic mass is 9.74. The third-order valence-corrected chi connectivity index (χ3v) is 6.34. The number of carbonyl (C=O) groups is 1. The Morgan fingerprint density at radius 1 is 1.25 bits per heavy atom. The first-order valence-electron chi connectivity index (χ1n) is 11.6. The van der Waals surface area contributed by atoms with Gasteiger partial charge in [-0.1, -0.05) is 32.9 Å². The third kappa shape index (κ3) is 4.51. The van der Waals surface area contributed by atoms with Crippen LogP contribution in [0.4, 0.5) is 5.95 Å². The van der Waals surface area contributed by atoms with Crippen LogP contribution in [0.3, 0.4) is 0 Å². The zero-order valence-corrected chi connectivity index (χ0v) is 20.2. The topological polar surface area (TPSA) is 93.4 Å². The van der Waals surface area contributed by atoms with E-state index in [-0.39, 0.29) is 35.5 Å². The van der Waals surface area contributed by atoms with Gasteiger partial charge in [0.05, 0.1) is 29.6 Å². The van der Waals surface area contributed by atoms with Crippen LogP contribution in [-0.4, -0.2) is 46.3 Å². The van der Waals surface area contributed by atoms with Crippen LogP contribution in [0.2, 0.25) is 0 Å². The summed E-state index contributed by atoms with van der Waals surface area (Å²) in [7, 11) is 0. The van der Waals surface area contributed by atoms with Crippen molar-refractivity contribution in [3.05, 3.63) is 34.5 Å². The van der Waals surface area contributed by atoms with Crippen molar-refractivity contribution < 1.29 is 14.1 Å². The van der Waals surface area contributed by atoms with E-state index in [2.05, 4.69) is 43.1 Å². The normalized spacial score (nSPS) is 25.0. The van der Waals surface area contributed by atoms with Crippen molar-refractivity contribution in [1.29, 1.82) is 0 Å². The molecule has 0 saturated carbocycles. The molecule has 1 aliphatic carbocycles. The highest BCUT2D eigenvalue weighted by molar-refractivity contribution is 5.96. The smallest absolute Gasteiger partial charge is 0.257 e. The van der Waals surface area contributed by atoms with Gasteiger partial charge in [-0.3, -0.25) is 4.79 Å². The second-order valence-electron chi connectivity index (χ2n) is 10.5. The molecule has 1 fully saturated rings. The van der Waals surface area contributed by atoms with Gasteiger partial charge in [-0.05, 0) is 44.9 Å². The average Bonchev–Trinajstić information content (AvgIpc) is 3.07. The fourth-order valence-corrected chi connectivity index (χ4v) is 4.95. The highest BCUT2D eigenvalue weighted by Gasteiger charge is 2.36. The summed E-state index contributed by atoms with van der Waals surface area (Å²) in [6, 6.07) is -0.160. The molecule has 0 aromatic carbocycles. The van der Waals surface area contributed by atoms with E-state index in [4.69, 9.17) is 19.2 Å². The molecule has 0 radical (unpaired) electrons. The molecule has 0 spiro atoms. The fraction of sp³-hybridized carbons (Fsp3) is 0.667. The largest absolute Gasteiger partial charge is 0.372 e. The van der Waals surface area contributed by atoms with Gasteiger partial charge in [-0.2, -0.15) is 0 Å². The number of carbonyl (C=O) groups excluding carboxylic acids is 1. The molecule has 3 heterocycles. The molecule has 174 valence electrons. The number of ether oxygens (including phenoxy) is 1. The first kappa shape index (κ1) is 22.7. The molecule has 1 N–H and O–H groups in total. The molecule has 2 aromatic heterocycles. The van der Waals surface area contributed by atoms with Crippen molar-refractivity contribution in [2.45, 2.75) is 85.5 Å². The van der Waals surface area contributed by atoms with Gasteiger partial charge >= 0.3 is 0 Å². The van der Waals surface area contributed by atoms with Gasteiger partial charge in [-0.15, -0.1) is 0 Å². The van der Waals surface area contributed by atoms with Crippen LogP contribution in [0.1, 0.15) is 93.0 Å². The zero-order chi connectivity index (χ0) is 23.2. The monoisotopic (exact) mass is 441 g/mol. The van der Waals surface area contributed by atoms with Gasteiger partial charge in [-0.25, -0.2) is 9.97 Å². The number of nitrogens with one attached hydrogen (secondary N) is 1. The number of nitrogens with zero attached hydrogens (tertiary/aromatic N) is 4. The van der Waals surface area contributed by atoms with Crippen LogP contribution < -0.4 is 10.2 Å². The van der Waals surface area contributed by atoms with E-state index in [1.807, 2.05) is 20.0 Å². The summed E-state index contributed by atoms with van der Waals surface area (Å²) >= 11 is 0. The molecular weight excluding hydrogens is 406 g/mol. The van der Waals surface area contributed by atoms with Crippen LogP contribution in [0.5, 0.6) is 0 Å². The minimum Gasteiger partial charge on any atom is -0.372 e. The maximum atomic E-state index is 13.3.